The summed E-state index contributed by atoms with van der Waals surface area (Å²) in [6.07, 6.45) is 0. The Morgan fingerprint density at radius 1 is 1.04 bits per heavy atom. The minimum Gasteiger partial charge on any atom is -0.457 e. The third kappa shape index (κ3) is 3.55. The van der Waals surface area contributed by atoms with Gasteiger partial charge in [0.15, 0.2) is 0 Å². The van der Waals surface area contributed by atoms with E-state index in [0.717, 1.165) is 12.1 Å². The van der Waals surface area contributed by atoms with Crippen molar-refractivity contribution in [2.75, 3.05) is 6.61 Å². The van der Waals surface area contributed by atoms with Crippen molar-refractivity contribution in [2.45, 2.75) is 4.90 Å². The molecule has 0 spiro atoms. The zero-order valence-corrected chi connectivity index (χ0v) is 14.8. The van der Waals surface area contributed by atoms with Crippen molar-refractivity contribution in [3.63, 3.8) is 0 Å². The van der Waals surface area contributed by atoms with Gasteiger partial charge in [-0.15, -0.1) is 0 Å². The third-order valence-corrected chi connectivity index (χ3v) is 4.97. The lowest BCUT2D eigenvalue weighted by molar-refractivity contribution is -0.133. The molecule has 9 heteroatoms. The van der Waals surface area contributed by atoms with Gasteiger partial charge in [0.1, 0.15) is 17.3 Å². The molecule has 0 aliphatic carbocycles. The number of benzene rings is 2. The zero-order chi connectivity index (χ0) is 18.4. The SMILES string of the molecule is NS(=O)(=O)c1ccc(C2=C(c3cc(Cl)cc(Cl)c3)C(=O)OC2)cc1F. The van der Waals surface area contributed by atoms with Crippen molar-refractivity contribution in [3.05, 3.63) is 63.4 Å². The van der Waals surface area contributed by atoms with Crippen molar-refractivity contribution in [1.29, 1.82) is 0 Å². The summed E-state index contributed by atoms with van der Waals surface area (Å²) in [5.41, 5.74) is 1.29. The second kappa shape index (κ2) is 6.42. The van der Waals surface area contributed by atoms with Gasteiger partial charge < -0.3 is 4.74 Å². The zero-order valence-electron chi connectivity index (χ0n) is 12.4. The Bertz CT molecular complexity index is 1010. The molecule has 130 valence electrons. The van der Waals surface area contributed by atoms with E-state index in [1.807, 2.05) is 0 Å². The van der Waals surface area contributed by atoms with Crippen molar-refractivity contribution < 1.29 is 22.3 Å². The highest BCUT2D eigenvalue weighted by atomic mass is 35.5. The van der Waals surface area contributed by atoms with Crippen LogP contribution in [0.25, 0.3) is 11.1 Å². The molecule has 1 aliphatic heterocycles. The van der Waals surface area contributed by atoms with Crippen LogP contribution in [-0.4, -0.2) is 21.0 Å². The molecule has 0 fully saturated rings. The summed E-state index contributed by atoms with van der Waals surface area (Å²) in [5, 5.41) is 5.59. The van der Waals surface area contributed by atoms with Crippen LogP contribution < -0.4 is 5.14 Å². The summed E-state index contributed by atoms with van der Waals surface area (Å²) in [6, 6.07) is 7.95. The van der Waals surface area contributed by atoms with Crippen molar-refractivity contribution in [3.8, 4) is 0 Å². The molecule has 5 nitrogen and oxygen atoms in total. The van der Waals surface area contributed by atoms with E-state index in [1.54, 1.807) is 0 Å². The number of primary sulfonamides is 1. The molecular weight excluding hydrogens is 392 g/mol. The quantitative estimate of drug-likeness (QED) is 0.799. The Hall–Kier alpha value is -1.93. The number of esters is 1. The maximum atomic E-state index is 14.1. The monoisotopic (exact) mass is 401 g/mol. The molecule has 3 rings (SSSR count). The molecule has 2 N–H and O–H groups in total. The van der Waals surface area contributed by atoms with Gasteiger partial charge in [-0.05, 0) is 41.5 Å². The molecule has 1 heterocycles. The van der Waals surface area contributed by atoms with Gasteiger partial charge in [-0.25, -0.2) is 22.7 Å². The predicted molar refractivity (Wildman–Crippen MR) is 92.0 cm³/mol. The van der Waals surface area contributed by atoms with Crippen LogP contribution in [0.4, 0.5) is 4.39 Å². The first kappa shape index (κ1) is 17.9. The minimum absolute atomic E-state index is 0.0908. The number of hydrogen-bond donors (Lipinski definition) is 1. The van der Waals surface area contributed by atoms with Gasteiger partial charge in [0, 0.05) is 15.6 Å². The summed E-state index contributed by atoms with van der Waals surface area (Å²) in [6.45, 7) is -0.0908. The molecule has 0 saturated heterocycles. The fourth-order valence-electron chi connectivity index (χ4n) is 2.54. The largest absolute Gasteiger partial charge is 0.457 e. The molecule has 1 aliphatic rings. The van der Waals surface area contributed by atoms with Crippen LogP contribution in [0.2, 0.25) is 10.0 Å². The first-order valence-electron chi connectivity index (χ1n) is 6.86. The van der Waals surface area contributed by atoms with Crippen LogP contribution in [0.15, 0.2) is 41.3 Å². The minimum atomic E-state index is -4.19. The maximum Gasteiger partial charge on any atom is 0.339 e. The van der Waals surface area contributed by atoms with Crippen LogP contribution in [0.5, 0.6) is 0 Å². The van der Waals surface area contributed by atoms with Gasteiger partial charge in [-0.1, -0.05) is 29.3 Å². The van der Waals surface area contributed by atoms with Crippen molar-refractivity contribution >= 4 is 50.3 Å². The molecule has 2 aromatic carbocycles. The van der Waals surface area contributed by atoms with Gasteiger partial charge in [-0.2, -0.15) is 0 Å². The van der Waals surface area contributed by atoms with E-state index in [9.17, 15) is 17.6 Å². The summed E-state index contributed by atoms with van der Waals surface area (Å²) in [4.78, 5) is 11.5. The van der Waals surface area contributed by atoms with Crippen LogP contribution >= 0.6 is 23.2 Å². The lowest BCUT2D eigenvalue weighted by atomic mass is 9.96. The lowest BCUT2D eigenvalue weighted by Crippen LogP contribution is -2.14. The van der Waals surface area contributed by atoms with Gasteiger partial charge in [0.2, 0.25) is 10.0 Å². The Labute approximate surface area is 152 Å². The second-order valence-corrected chi connectivity index (χ2v) is 7.68. The highest BCUT2D eigenvalue weighted by molar-refractivity contribution is 7.89. The fraction of sp³-hybridized carbons (Fsp3) is 0.0625. The number of ether oxygens (including phenoxy) is 1. The van der Waals surface area contributed by atoms with Gasteiger partial charge in [-0.3, -0.25) is 0 Å². The number of hydrogen-bond acceptors (Lipinski definition) is 4. The maximum absolute atomic E-state index is 14.1. The van der Waals surface area contributed by atoms with E-state index < -0.39 is 26.7 Å². The van der Waals surface area contributed by atoms with E-state index in [4.69, 9.17) is 33.1 Å². The predicted octanol–water partition coefficient (Wildman–Crippen LogP) is 3.25. The van der Waals surface area contributed by atoms with Crippen LogP contribution in [0.3, 0.4) is 0 Å². The van der Waals surface area contributed by atoms with Crippen LogP contribution in [-0.2, 0) is 19.6 Å². The van der Waals surface area contributed by atoms with E-state index in [2.05, 4.69) is 0 Å². The summed E-state index contributed by atoms with van der Waals surface area (Å²) < 4.78 is 41.8. The number of carbonyl (C=O) groups is 1. The molecule has 0 atom stereocenters. The molecule has 2 aromatic rings. The smallest absolute Gasteiger partial charge is 0.339 e. The Balaban J connectivity index is 2.18. The molecular formula is C16H10Cl2FNO4S. The van der Waals surface area contributed by atoms with Crippen molar-refractivity contribution in [2.24, 2.45) is 5.14 Å². The average Bonchev–Trinajstić information content (AvgIpc) is 2.86. The van der Waals surface area contributed by atoms with Gasteiger partial charge >= 0.3 is 5.97 Å². The Morgan fingerprint density at radius 2 is 1.68 bits per heavy atom. The van der Waals surface area contributed by atoms with E-state index in [0.29, 0.717) is 26.7 Å². The first-order valence-corrected chi connectivity index (χ1v) is 9.16. The molecule has 25 heavy (non-hydrogen) atoms. The molecule has 0 bridgehead atoms. The molecule has 0 saturated carbocycles. The highest BCUT2D eigenvalue weighted by Gasteiger charge is 2.28. The summed E-state index contributed by atoms with van der Waals surface area (Å²) >= 11 is 11.9. The number of sulfonamides is 1. The lowest BCUT2D eigenvalue weighted by Gasteiger charge is -2.08. The Kier molecular flexibility index (Phi) is 4.59. The number of nitrogens with two attached hydrogens (primary N) is 1. The van der Waals surface area contributed by atoms with Crippen LogP contribution in [0.1, 0.15) is 11.1 Å². The number of cyclic esters (lactones) is 1. The van der Waals surface area contributed by atoms with Gasteiger partial charge in [0.25, 0.3) is 0 Å². The number of carbonyl (C=O) groups excluding carboxylic acids is 1. The van der Waals surface area contributed by atoms with E-state index >= 15 is 0 Å². The van der Waals surface area contributed by atoms with E-state index in [-0.39, 0.29) is 12.2 Å². The molecule has 0 unspecified atom stereocenters. The fourth-order valence-corrected chi connectivity index (χ4v) is 3.66. The molecule has 0 radical (unpaired) electrons. The standard InChI is InChI=1S/C16H10Cl2FNO4S/c17-10-3-9(4-11(18)6-10)15-12(7-24-16(15)21)8-1-2-14(13(19)5-8)25(20,22)23/h1-6H,7H2,(H2,20,22,23). The summed E-state index contributed by atoms with van der Waals surface area (Å²) in [5.74, 6) is -1.63. The highest BCUT2D eigenvalue weighted by Crippen LogP contribution is 2.35. The van der Waals surface area contributed by atoms with Crippen LogP contribution in [0, 0.1) is 5.82 Å². The number of rotatable bonds is 3. The van der Waals surface area contributed by atoms with Gasteiger partial charge in [0.05, 0.1) is 5.57 Å². The normalized spacial score (nSPS) is 14.8. The first-order chi connectivity index (χ1) is 11.7. The topological polar surface area (TPSA) is 86.5 Å². The Morgan fingerprint density at radius 3 is 2.24 bits per heavy atom. The van der Waals surface area contributed by atoms with E-state index in [1.165, 1.54) is 24.3 Å². The third-order valence-electron chi connectivity index (χ3n) is 3.59. The molecule has 0 aromatic heterocycles. The number of halogens is 3. The average molecular weight is 402 g/mol. The molecule has 0 amide bonds. The van der Waals surface area contributed by atoms with Crippen molar-refractivity contribution in [1.82, 2.24) is 0 Å². The second-order valence-electron chi connectivity index (χ2n) is 5.28. The summed E-state index contributed by atoms with van der Waals surface area (Å²) in [7, 11) is -4.19.